The fourth-order valence-electron chi connectivity index (χ4n) is 6.10. The lowest BCUT2D eigenvalue weighted by Crippen LogP contribution is -2.44. The number of benzene rings is 3. The molecule has 9 nitrogen and oxygen atoms in total. The van der Waals surface area contributed by atoms with Crippen LogP contribution in [0.1, 0.15) is 66.8 Å². The molecule has 3 aromatic carbocycles. The monoisotopic (exact) mass is 707 g/mol. The highest BCUT2D eigenvalue weighted by Crippen LogP contribution is 2.62. The third kappa shape index (κ3) is 6.52. The van der Waals surface area contributed by atoms with Gasteiger partial charge < -0.3 is 20.7 Å². The van der Waals surface area contributed by atoms with Crippen molar-refractivity contribution in [3.63, 3.8) is 0 Å². The van der Waals surface area contributed by atoms with E-state index in [2.05, 4.69) is 31.5 Å². The maximum atomic E-state index is 14.5. The number of halogens is 1. The number of aromatic amines is 1. The first-order chi connectivity index (χ1) is 21.8. The van der Waals surface area contributed by atoms with Crippen LogP contribution >= 0.6 is 26.1 Å². The number of carbonyl (C=O) groups is 3. The number of aromatic nitrogens is 1. The van der Waals surface area contributed by atoms with E-state index in [4.69, 9.17) is 5.14 Å². The van der Waals surface area contributed by atoms with Crippen LogP contribution in [0.15, 0.2) is 74.9 Å². The smallest absolute Gasteiger partial charge is 0.259 e. The number of nitrogens with zero attached hydrogens (tertiary/aromatic N) is 1. The number of hydrogen-bond donors (Lipinski definition) is 5. The molecule has 0 radical (unpaired) electrons. The molecule has 2 atom stereocenters. The number of aliphatic hydroxyl groups is 1. The molecule has 4 aromatic rings. The molecule has 11 heteroatoms. The Hall–Kier alpha value is -3.48. The van der Waals surface area contributed by atoms with Crippen LogP contribution < -0.4 is 20.7 Å². The highest BCUT2D eigenvalue weighted by atomic mass is 79.9. The first-order valence-electron chi connectivity index (χ1n) is 15.4. The molecule has 0 aliphatic carbocycles. The van der Waals surface area contributed by atoms with Gasteiger partial charge in [-0.15, -0.1) is 10.2 Å². The largest absolute Gasteiger partial charge is 0.392 e. The molecule has 0 bridgehead atoms. The summed E-state index contributed by atoms with van der Waals surface area (Å²) in [6.45, 7) is 10.0. The number of para-hydroxylation sites is 2. The maximum Gasteiger partial charge on any atom is 0.259 e. The van der Waals surface area contributed by atoms with Crippen molar-refractivity contribution in [3.05, 3.63) is 81.8 Å². The molecule has 46 heavy (non-hydrogen) atoms. The molecule has 2 amide bonds. The number of Topliss-reactive ketones (excluding diaryl/α,β-unsaturated/α-hetero) is 1. The minimum absolute atomic E-state index is 0.135. The Bertz CT molecular complexity index is 1820. The van der Waals surface area contributed by atoms with Crippen LogP contribution in [0.2, 0.25) is 0 Å². The van der Waals surface area contributed by atoms with Crippen LogP contribution in [0.3, 0.4) is 0 Å². The zero-order valence-electron chi connectivity index (χ0n) is 26.9. The normalized spacial score (nSPS) is 18.7. The molecule has 1 aliphatic rings. The first-order valence-corrected chi connectivity index (χ1v) is 18.1. The predicted octanol–water partition coefficient (Wildman–Crippen LogP) is 6.67. The molecule has 6 N–H and O–H groups in total. The number of ketones is 1. The van der Waals surface area contributed by atoms with Crippen molar-refractivity contribution >= 4 is 66.1 Å². The van der Waals surface area contributed by atoms with Crippen LogP contribution in [-0.4, -0.2) is 58.2 Å². The van der Waals surface area contributed by atoms with E-state index in [0.717, 1.165) is 20.3 Å². The van der Waals surface area contributed by atoms with Gasteiger partial charge in [0.1, 0.15) is 5.82 Å². The van der Waals surface area contributed by atoms with E-state index in [9.17, 15) is 19.5 Å². The molecule has 244 valence electrons. The van der Waals surface area contributed by atoms with E-state index in [0.29, 0.717) is 51.9 Å². The molecular formula is C35H42BrN5O4S. The number of rotatable bonds is 10. The van der Waals surface area contributed by atoms with Crippen LogP contribution in [0.25, 0.3) is 10.9 Å². The topological polar surface area (TPSA) is 141 Å². The number of nitrogens with two attached hydrogens (primary N) is 1. The molecule has 2 heterocycles. The Morgan fingerprint density at radius 1 is 1.11 bits per heavy atom. The van der Waals surface area contributed by atoms with E-state index in [1.54, 1.807) is 24.0 Å². The standard InChI is InChI=1S/C35H42BrN5O4S/c1-6-41(33-31(36)24-11-7-8-12-26(24)40-33)34(45)23-15-16-25(28(43)19-35(4,5)38-20-21(2)42)32(22(23)3)46(37)18-17-30(44)39-27-13-9-10-14-29(27)46/h7-16,21,38,40,42H,6,17-20,37H2,1-5H3,(H,39,44)/t21-/m1/s1. The summed E-state index contributed by atoms with van der Waals surface area (Å²) < 4.78 is 0.790. The average molecular weight is 709 g/mol. The Morgan fingerprint density at radius 2 is 1.78 bits per heavy atom. The summed E-state index contributed by atoms with van der Waals surface area (Å²) in [4.78, 5) is 48.0. The Morgan fingerprint density at radius 3 is 2.48 bits per heavy atom. The molecular weight excluding hydrogens is 666 g/mol. The number of anilines is 2. The van der Waals surface area contributed by atoms with Gasteiger partial charge in [0.05, 0.1) is 16.3 Å². The summed E-state index contributed by atoms with van der Waals surface area (Å²) in [5, 5.41) is 24.5. The fourth-order valence-corrected chi connectivity index (χ4v) is 9.97. The van der Waals surface area contributed by atoms with Gasteiger partial charge in [-0.3, -0.25) is 24.4 Å². The number of carbonyl (C=O) groups excluding carboxylic acids is 3. The Balaban J connectivity index is 1.67. The van der Waals surface area contributed by atoms with Gasteiger partial charge >= 0.3 is 0 Å². The number of β-amino-alcohol motifs (C(OH)–C–C–N with tert-alkyl or cyclic N) is 1. The Kier molecular flexibility index (Phi) is 9.81. The van der Waals surface area contributed by atoms with Crippen LogP contribution in [0.5, 0.6) is 0 Å². The van der Waals surface area contributed by atoms with Crippen molar-refractivity contribution in [1.82, 2.24) is 10.3 Å². The van der Waals surface area contributed by atoms with Gasteiger partial charge in [0.15, 0.2) is 5.78 Å². The minimum Gasteiger partial charge on any atom is -0.392 e. The summed E-state index contributed by atoms with van der Waals surface area (Å²) in [6.07, 6.45) is -0.256. The minimum atomic E-state index is -2.47. The molecule has 5 rings (SSSR count). The van der Waals surface area contributed by atoms with Gasteiger partial charge in [0.25, 0.3) is 5.91 Å². The second-order valence-corrected chi connectivity index (χ2v) is 16.1. The van der Waals surface area contributed by atoms with Gasteiger partial charge in [-0.1, -0.05) is 30.3 Å². The van der Waals surface area contributed by atoms with Crippen molar-refractivity contribution < 1.29 is 19.5 Å². The lowest BCUT2D eigenvalue weighted by Gasteiger charge is -2.39. The molecule has 1 aliphatic heterocycles. The van der Waals surface area contributed by atoms with Gasteiger partial charge in [-0.25, -0.2) is 0 Å². The van der Waals surface area contributed by atoms with Crippen molar-refractivity contribution in [2.45, 2.75) is 68.9 Å². The molecule has 0 saturated heterocycles. The first kappa shape index (κ1) is 33.9. The molecule has 1 unspecified atom stereocenters. The molecule has 1 aromatic heterocycles. The number of H-pyrrole nitrogens is 1. The molecule has 0 fully saturated rings. The van der Waals surface area contributed by atoms with Crippen molar-refractivity contribution in [2.24, 2.45) is 5.14 Å². The van der Waals surface area contributed by atoms with Crippen LogP contribution in [0.4, 0.5) is 11.5 Å². The van der Waals surface area contributed by atoms with Gasteiger partial charge in [-0.05, 0) is 86.4 Å². The summed E-state index contributed by atoms with van der Waals surface area (Å²) in [5.41, 5.74) is 2.40. The number of nitrogens with one attached hydrogen (secondary N) is 3. The summed E-state index contributed by atoms with van der Waals surface area (Å²) in [6, 6.07) is 18.7. The zero-order chi connectivity index (χ0) is 33.4. The van der Waals surface area contributed by atoms with Gasteiger partial charge in [0, 0.05) is 69.0 Å². The fraction of sp³-hybridized carbons (Fsp3) is 0.343. The average Bonchev–Trinajstić information content (AvgIpc) is 3.27. The van der Waals surface area contributed by atoms with Crippen molar-refractivity contribution in [3.8, 4) is 0 Å². The predicted molar refractivity (Wildman–Crippen MR) is 190 cm³/mol. The van der Waals surface area contributed by atoms with E-state index < -0.39 is 21.9 Å². The lowest BCUT2D eigenvalue weighted by atomic mass is 9.92. The second-order valence-electron chi connectivity index (χ2n) is 12.5. The summed E-state index contributed by atoms with van der Waals surface area (Å²) in [5.74, 6) is 0.456. The third-order valence-corrected chi connectivity index (χ3v) is 12.5. The number of fused-ring (bicyclic) bond motifs is 2. The highest BCUT2D eigenvalue weighted by molar-refractivity contribution is 9.10. The number of aliphatic hydroxyl groups excluding tert-OH is 1. The van der Waals surface area contributed by atoms with E-state index >= 15 is 0 Å². The summed E-state index contributed by atoms with van der Waals surface area (Å²) >= 11 is 3.70. The van der Waals surface area contributed by atoms with Crippen molar-refractivity contribution in [2.75, 3.05) is 29.1 Å². The Labute approximate surface area is 279 Å². The van der Waals surface area contributed by atoms with Gasteiger partial charge in [-0.2, -0.15) is 0 Å². The molecule has 0 spiro atoms. The number of amides is 2. The SMILES string of the molecule is CCN(C(=O)c1ccc(C(=O)CC(C)(C)NC[C@@H](C)O)c(S2(N)CCC(=O)Nc3ccccc32)c1C)c1[nH]c2ccccc2c1Br. The maximum absolute atomic E-state index is 14.5. The van der Waals surface area contributed by atoms with Crippen LogP contribution in [0, 0.1) is 6.92 Å². The van der Waals surface area contributed by atoms with E-state index in [1.807, 2.05) is 76.2 Å². The molecule has 0 saturated carbocycles. The van der Waals surface area contributed by atoms with Crippen molar-refractivity contribution in [1.29, 1.82) is 0 Å². The van der Waals surface area contributed by atoms with Crippen LogP contribution in [-0.2, 0) is 4.79 Å². The van der Waals surface area contributed by atoms with E-state index in [1.165, 1.54) is 0 Å². The van der Waals surface area contributed by atoms with E-state index in [-0.39, 0.29) is 30.4 Å². The number of hydrogen-bond acceptors (Lipinski definition) is 6. The quantitative estimate of drug-likeness (QED) is 0.117. The highest BCUT2D eigenvalue weighted by Gasteiger charge is 2.38. The third-order valence-electron chi connectivity index (χ3n) is 8.44. The summed E-state index contributed by atoms with van der Waals surface area (Å²) in [7, 11) is -2.47. The zero-order valence-corrected chi connectivity index (χ0v) is 29.3. The van der Waals surface area contributed by atoms with Gasteiger partial charge in [0.2, 0.25) is 5.91 Å². The lowest BCUT2D eigenvalue weighted by molar-refractivity contribution is -0.115. The second kappa shape index (κ2) is 13.3.